The number of carboxylic acids is 1. The van der Waals surface area contributed by atoms with Crippen LogP contribution in [-0.4, -0.2) is 39.4 Å². The highest BCUT2D eigenvalue weighted by molar-refractivity contribution is 6.07. The third-order valence-electron chi connectivity index (χ3n) is 4.10. The Bertz CT molecular complexity index is 787. The van der Waals surface area contributed by atoms with E-state index >= 15 is 0 Å². The summed E-state index contributed by atoms with van der Waals surface area (Å²) in [5, 5.41) is 24.3. The number of fused-ring (bicyclic) bond motifs is 3. The van der Waals surface area contributed by atoms with Gasteiger partial charge in [0.05, 0.1) is 12.6 Å². The maximum atomic E-state index is 10.8. The van der Waals surface area contributed by atoms with Crippen molar-refractivity contribution in [2.75, 3.05) is 6.54 Å². The molecule has 0 unspecified atom stereocenters. The largest absolute Gasteiger partial charge is 0.480 e. The molecule has 5 heteroatoms. The molecule has 0 fully saturated rings. The van der Waals surface area contributed by atoms with Crippen molar-refractivity contribution in [3.05, 3.63) is 48.5 Å². The summed E-state index contributed by atoms with van der Waals surface area (Å²) in [6, 6.07) is 15.5. The molecule has 0 saturated heterocycles. The minimum absolute atomic E-state index is 0.230. The Hall–Kier alpha value is -2.37. The molecule has 3 N–H and O–H groups in total. The van der Waals surface area contributed by atoms with Crippen molar-refractivity contribution in [3.63, 3.8) is 0 Å². The van der Waals surface area contributed by atoms with Crippen molar-refractivity contribution in [2.24, 2.45) is 0 Å². The van der Waals surface area contributed by atoms with Crippen LogP contribution in [0.2, 0.25) is 0 Å². The lowest BCUT2D eigenvalue weighted by Gasteiger charge is -2.16. The molecular formula is C18H20N2O3. The highest BCUT2D eigenvalue weighted by atomic mass is 16.4. The number of benzene rings is 2. The molecule has 0 aliphatic carbocycles. The summed E-state index contributed by atoms with van der Waals surface area (Å²) in [5.41, 5.74) is 2.14. The first-order valence-electron chi connectivity index (χ1n) is 7.68. The second-order valence-corrected chi connectivity index (χ2v) is 5.77. The predicted octanol–water partition coefficient (Wildman–Crippen LogP) is 2.22. The normalized spacial score (nSPS) is 14.2. The zero-order valence-corrected chi connectivity index (χ0v) is 12.9. The van der Waals surface area contributed by atoms with Crippen LogP contribution in [-0.2, 0) is 11.3 Å². The van der Waals surface area contributed by atoms with Gasteiger partial charge in [-0.1, -0.05) is 36.4 Å². The number of nitrogens with one attached hydrogen (secondary N) is 1. The van der Waals surface area contributed by atoms with Crippen molar-refractivity contribution < 1.29 is 15.0 Å². The number of aliphatic hydroxyl groups is 1. The molecule has 120 valence electrons. The SMILES string of the molecule is C[C@H](NC[C@H](O)Cn1c2ccccc2c2ccccc21)C(=O)O. The Morgan fingerprint density at radius 2 is 1.61 bits per heavy atom. The maximum Gasteiger partial charge on any atom is 0.320 e. The van der Waals surface area contributed by atoms with E-state index in [1.165, 1.54) is 0 Å². The van der Waals surface area contributed by atoms with Gasteiger partial charge in [-0.15, -0.1) is 0 Å². The van der Waals surface area contributed by atoms with E-state index < -0.39 is 18.1 Å². The molecule has 0 spiro atoms. The molecule has 0 amide bonds. The number of aromatic nitrogens is 1. The lowest BCUT2D eigenvalue weighted by atomic mass is 10.2. The predicted molar refractivity (Wildman–Crippen MR) is 90.6 cm³/mol. The number of nitrogens with zero attached hydrogens (tertiary/aromatic N) is 1. The summed E-state index contributed by atoms with van der Waals surface area (Å²) in [6.07, 6.45) is -0.670. The van der Waals surface area contributed by atoms with Crippen LogP contribution in [0.3, 0.4) is 0 Å². The van der Waals surface area contributed by atoms with Crippen LogP contribution in [0.4, 0.5) is 0 Å². The molecule has 23 heavy (non-hydrogen) atoms. The standard InChI is InChI=1S/C18H20N2O3/c1-12(18(22)23)19-10-13(21)11-20-16-8-4-2-6-14(16)15-7-3-5-9-17(15)20/h2-9,12-13,19,21H,10-11H2,1H3,(H,22,23)/t12-,13-/m0/s1. The van der Waals surface area contributed by atoms with Gasteiger partial charge in [-0.3, -0.25) is 4.79 Å². The summed E-state index contributed by atoms with van der Waals surface area (Å²) >= 11 is 0. The average Bonchev–Trinajstić information content (AvgIpc) is 2.87. The van der Waals surface area contributed by atoms with Crippen LogP contribution in [0, 0.1) is 0 Å². The summed E-state index contributed by atoms with van der Waals surface area (Å²) in [4.78, 5) is 10.8. The first kappa shape index (κ1) is 15.5. The summed E-state index contributed by atoms with van der Waals surface area (Å²) in [7, 11) is 0. The van der Waals surface area contributed by atoms with Gasteiger partial charge in [0, 0.05) is 28.4 Å². The van der Waals surface area contributed by atoms with Gasteiger partial charge in [0.25, 0.3) is 0 Å². The van der Waals surface area contributed by atoms with Crippen molar-refractivity contribution in [3.8, 4) is 0 Å². The molecule has 2 atom stereocenters. The van der Waals surface area contributed by atoms with Gasteiger partial charge in [-0.25, -0.2) is 0 Å². The van der Waals surface area contributed by atoms with E-state index in [0.717, 1.165) is 21.8 Å². The quantitative estimate of drug-likeness (QED) is 0.652. The Morgan fingerprint density at radius 3 is 2.13 bits per heavy atom. The van der Waals surface area contributed by atoms with Crippen molar-refractivity contribution in [1.29, 1.82) is 0 Å². The molecule has 2 aromatic carbocycles. The fourth-order valence-electron chi connectivity index (χ4n) is 2.88. The van der Waals surface area contributed by atoms with Crippen LogP contribution in [0.1, 0.15) is 6.92 Å². The molecule has 0 aliphatic rings. The highest BCUT2D eigenvalue weighted by Gasteiger charge is 2.15. The van der Waals surface area contributed by atoms with E-state index in [-0.39, 0.29) is 6.54 Å². The van der Waals surface area contributed by atoms with Gasteiger partial charge in [0.15, 0.2) is 0 Å². The number of carbonyl (C=O) groups is 1. The summed E-state index contributed by atoms with van der Waals surface area (Å²) in [5.74, 6) is -0.922. The molecule has 0 bridgehead atoms. The average molecular weight is 312 g/mol. The molecule has 0 saturated carbocycles. The Morgan fingerprint density at radius 1 is 1.09 bits per heavy atom. The molecule has 0 radical (unpaired) electrons. The Kier molecular flexibility index (Phi) is 4.32. The Labute approximate surface area is 134 Å². The number of hydrogen-bond acceptors (Lipinski definition) is 3. The smallest absolute Gasteiger partial charge is 0.320 e. The third-order valence-corrected chi connectivity index (χ3v) is 4.10. The topological polar surface area (TPSA) is 74.5 Å². The van der Waals surface area contributed by atoms with Gasteiger partial charge in [0.1, 0.15) is 6.04 Å². The lowest BCUT2D eigenvalue weighted by molar-refractivity contribution is -0.139. The van der Waals surface area contributed by atoms with Gasteiger partial charge in [-0.05, 0) is 19.1 Å². The number of rotatable bonds is 6. The molecule has 5 nitrogen and oxygen atoms in total. The minimum Gasteiger partial charge on any atom is -0.480 e. The van der Waals surface area contributed by atoms with Crippen LogP contribution in [0.15, 0.2) is 48.5 Å². The number of aliphatic carboxylic acids is 1. The van der Waals surface area contributed by atoms with Gasteiger partial charge >= 0.3 is 5.97 Å². The highest BCUT2D eigenvalue weighted by Crippen LogP contribution is 2.28. The van der Waals surface area contributed by atoms with E-state index in [1.54, 1.807) is 6.92 Å². The number of aliphatic hydroxyl groups excluding tert-OH is 1. The maximum absolute atomic E-state index is 10.8. The van der Waals surface area contributed by atoms with E-state index in [9.17, 15) is 9.90 Å². The molecule has 1 heterocycles. The van der Waals surface area contributed by atoms with Crippen molar-refractivity contribution in [1.82, 2.24) is 9.88 Å². The van der Waals surface area contributed by atoms with Crippen LogP contribution in [0.5, 0.6) is 0 Å². The van der Waals surface area contributed by atoms with Crippen LogP contribution >= 0.6 is 0 Å². The van der Waals surface area contributed by atoms with Crippen molar-refractivity contribution in [2.45, 2.75) is 25.6 Å². The van der Waals surface area contributed by atoms with E-state index in [4.69, 9.17) is 5.11 Å². The molecule has 1 aromatic heterocycles. The number of para-hydroxylation sites is 2. The fraction of sp³-hybridized carbons (Fsp3) is 0.278. The molecule has 3 aromatic rings. The summed E-state index contributed by atoms with van der Waals surface area (Å²) < 4.78 is 2.09. The fourth-order valence-corrected chi connectivity index (χ4v) is 2.88. The minimum atomic E-state index is -0.922. The van der Waals surface area contributed by atoms with E-state index in [2.05, 4.69) is 22.0 Å². The van der Waals surface area contributed by atoms with Crippen LogP contribution < -0.4 is 5.32 Å². The third kappa shape index (κ3) is 3.06. The first-order chi connectivity index (χ1) is 11.1. The molecule has 0 aliphatic heterocycles. The van der Waals surface area contributed by atoms with Crippen molar-refractivity contribution >= 4 is 27.8 Å². The monoisotopic (exact) mass is 312 g/mol. The Balaban J connectivity index is 1.88. The first-order valence-corrected chi connectivity index (χ1v) is 7.68. The van der Waals surface area contributed by atoms with E-state index in [1.807, 2.05) is 36.4 Å². The van der Waals surface area contributed by atoms with Gasteiger partial charge < -0.3 is 20.1 Å². The number of carboxylic acid groups (broad SMARTS) is 1. The van der Waals surface area contributed by atoms with Crippen LogP contribution in [0.25, 0.3) is 21.8 Å². The lowest BCUT2D eigenvalue weighted by Crippen LogP contribution is -2.40. The molecule has 3 rings (SSSR count). The molecular weight excluding hydrogens is 292 g/mol. The second kappa shape index (κ2) is 6.40. The van der Waals surface area contributed by atoms with Gasteiger partial charge in [-0.2, -0.15) is 0 Å². The zero-order valence-electron chi connectivity index (χ0n) is 12.9. The zero-order chi connectivity index (χ0) is 16.4. The number of hydrogen-bond donors (Lipinski definition) is 3. The van der Waals surface area contributed by atoms with Gasteiger partial charge in [0.2, 0.25) is 0 Å². The second-order valence-electron chi connectivity index (χ2n) is 5.77. The summed E-state index contributed by atoms with van der Waals surface area (Å²) in [6.45, 7) is 2.21. The van der Waals surface area contributed by atoms with E-state index in [0.29, 0.717) is 6.54 Å².